The van der Waals surface area contributed by atoms with E-state index in [1.807, 2.05) is 24.3 Å². The van der Waals surface area contributed by atoms with Crippen LogP contribution >= 0.6 is 0 Å². The zero-order valence-electron chi connectivity index (χ0n) is 17.1. The second-order valence-corrected chi connectivity index (χ2v) is 7.19. The fourth-order valence-corrected chi connectivity index (χ4v) is 3.55. The molecule has 1 saturated heterocycles. The van der Waals surface area contributed by atoms with Gasteiger partial charge in [0.05, 0.1) is 36.5 Å². The number of aliphatic hydroxyl groups is 1. The number of fused-ring (bicyclic) bond motifs is 1. The molecule has 1 aliphatic rings. The quantitative estimate of drug-likeness (QED) is 0.587. The van der Waals surface area contributed by atoms with E-state index in [2.05, 4.69) is 15.1 Å². The van der Waals surface area contributed by atoms with Gasteiger partial charge in [-0.3, -0.25) is 4.79 Å². The number of amides is 1. The average molecular weight is 440 g/mol. The van der Waals surface area contributed by atoms with Gasteiger partial charge in [0.25, 0.3) is 11.8 Å². The van der Waals surface area contributed by atoms with Crippen LogP contribution in [0.25, 0.3) is 16.9 Å². The summed E-state index contributed by atoms with van der Waals surface area (Å²) in [6.07, 6.45) is 3.86. The van der Waals surface area contributed by atoms with E-state index in [1.54, 1.807) is 16.9 Å². The average Bonchev–Trinajstić information content (AvgIpc) is 3.24. The second kappa shape index (κ2) is 9.57. The van der Waals surface area contributed by atoms with Crippen molar-refractivity contribution < 1.29 is 23.8 Å². The molecule has 32 heavy (non-hydrogen) atoms. The largest absolute Gasteiger partial charge is 0.473 e. The smallest absolute Gasteiger partial charge is 0.258 e. The standard InChI is InChI=1S/C21H21FN6O4/c22-18-20(31-11-10-29)25-19(15-12-24-28-9-2-1-5-16(15)28)26-21(18)32-14-4-3-8-27(13-14)17(30)6-7-23/h1-2,5,9,12,14,29H,3-4,6,8,10-11,13H2/t14-/m1/s1. The lowest BCUT2D eigenvalue weighted by atomic mass is 10.1. The van der Waals surface area contributed by atoms with Crippen LogP contribution in [0.2, 0.25) is 0 Å². The predicted octanol–water partition coefficient (Wildman–Crippen LogP) is 1.58. The number of rotatable bonds is 7. The maximum Gasteiger partial charge on any atom is 0.258 e. The summed E-state index contributed by atoms with van der Waals surface area (Å²) in [6, 6.07) is 7.32. The number of nitrogens with zero attached hydrogens (tertiary/aromatic N) is 6. The lowest BCUT2D eigenvalue weighted by Gasteiger charge is -2.32. The third-order valence-corrected chi connectivity index (χ3v) is 5.03. The Kier molecular flexibility index (Phi) is 6.42. The molecular weight excluding hydrogens is 419 g/mol. The maximum atomic E-state index is 15.1. The monoisotopic (exact) mass is 440 g/mol. The molecule has 0 spiro atoms. The molecule has 0 aromatic carbocycles. The number of carbonyl (C=O) groups excluding carboxylic acids is 1. The molecule has 0 bridgehead atoms. The van der Waals surface area contributed by atoms with Crippen LogP contribution in [-0.4, -0.2) is 67.9 Å². The Morgan fingerprint density at radius 1 is 1.34 bits per heavy atom. The Balaban J connectivity index is 1.66. The van der Waals surface area contributed by atoms with E-state index in [0.29, 0.717) is 30.5 Å². The number of halogens is 1. The molecule has 10 nitrogen and oxygen atoms in total. The van der Waals surface area contributed by atoms with Crippen LogP contribution in [0.4, 0.5) is 4.39 Å². The van der Waals surface area contributed by atoms with Crippen molar-refractivity contribution in [3.63, 3.8) is 0 Å². The van der Waals surface area contributed by atoms with Gasteiger partial charge in [-0.1, -0.05) is 6.07 Å². The number of hydrogen-bond donors (Lipinski definition) is 1. The van der Waals surface area contributed by atoms with Gasteiger partial charge in [-0.05, 0) is 25.0 Å². The highest BCUT2D eigenvalue weighted by atomic mass is 19.1. The van der Waals surface area contributed by atoms with Crippen molar-refractivity contribution in [1.29, 1.82) is 5.26 Å². The first-order valence-corrected chi connectivity index (χ1v) is 10.2. The van der Waals surface area contributed by atoms with Crippen molar-refractivity contribution in [2.75, 3.05) is 26.3 Å². The molecule has 1 amide bonds. The SMILES string of the molecule is N#CCC(=O)N1CCC[C@@H](Oc2nc(-c3cnn4ccccc34)nc(OCCO)c2F)C1. The lowest BCUT2D eigenvalue weighted by Crippen LogP contribution is -2.44. The third kappa shape index (κ3) is 4.45. The maximum absolute atomic E-state index is 15.1. The van der Waals surface area contributed by atoms with Gasteiger partial charge >= 0.3 is 0 Å². The molecule has 11 heteroatoms. The van der Waals surface area contributed by atoms with Crippen molar-refractivity contribution in [3.8, 4) is 29.2 Å². The molecular formula is C21H21FN6O4. The van der Waals surface area contributed by atoms with E-state index in [0.717, 1.165) is 0 Å². The zero-order chi connectivity index (χ0) is 22.5. The fraction of sp³-hybridized carbons (Fsp3) is 0.381. The summed E-state index contributed by atoms with van der Waals surface area (Å²) in [7, 11) is 0. The Hall–Kier alpha value is -3.78. The number of aromatic nitrogens is 4. The summed E-state index contributed by atoms with van der Waals surface area (Å²) in [5.41, 5.74) is 1.27. The number of aliphatic hydroxyl groups excluding tert-OH is 1. The molecule has 3 aromatic heterocycles. The van der Waals surface area contributed by atoms with Crippen molar-refractivity contribution in [1.82, 2.24) is 24.5 Å². The predicted molar refractivity (Wildman–Crippen MR) is 109 cm³/mol. The van der Waals surface area contributed by atoms with Crippen LogP contribution in [0, 0.1) is 17.1 Å². The molecule has 1 atom stereocenters. The molecule has 0 radical (unpaired) electrons. The summed E-state index contributed by atoms with van der Waals surface area (Å²) in [5.74, 6) is -1.67. The number of likely N-dealkylation sites (tertiary alicyclic amines) is 1. The molecule has 4 heterocycles. The molecule has 3 aromatic rings. The van der Waals surface area contributed by atoms with E-state index in [-0.39, 0.29) is 49.7 Å². The summed E-state index contributed by atoms with van der Waals surface area (Å²) in [6.45, 7) is 0.277. The van der Waals surface area contributed by atoms with Crippen LogP contribution in [0.1, 0.15) is 19.3 Å². The van der Waals surface area contributed by atoms with Gasteiger partial charge < -0.3 is 19.5 Å². The zero-order valence-corrected chi connectivity index (χ0v) is 17.1. The van der Waals surface area contributed by atoms with Crippen LogP contribution in [0.5, 0.6) is 11.8 Å². The number of ether oxygens (including phenoxy) is 2. The fourth-order valence-electron chi connectivity index (χ4n) is 3.55. The van der Waals surface area contributed by atoms with E-state index in [1.165, 1.54) is 4.90 Å². The first-order valence-electron chi connectivity index (χ1n) is 10.2. The number of hydrogen-bond acceptors (Lipinski definition) is 8. The van der Waals surface area contributed by atoms with Gasteiger partial charge in [0.1, 0.15) is 19.1 Å². The van der Waals surface area contributed by atoms with E-state index < -0.39 is 11.9 Å². The van der Waals surface area contributed by atoms with E-state index >= 15 is 4.39 Å². The van der Waals surface area contributed by atoms with E-state index in [4.69, 9.17) is 19.8 Å². The third-order valence-electron chi connectivity index (χ3n) is 5.03. The van der Waals surface area contributed by atoms with Crippen molar-refractivity contribution in [2.24, 2.45) is 0 Å². The number of carbonyl (C=O) groups is 1. The Bertz CT molecular complexity index is 1160. The number of piperidine rings is 1. The lowest BCUT2D eigenvalue weighted by molar-refractivity contribution is -0.132. The first-order chi connectivity index (χ1) is 15.6. The topological polar surface area (TPSA) is 126 Å². The molecule has 1 aliphatic heterocycles. The summed E-state index contributed by atoms with van der Waals surface area (Å²) in [5, 5.41) is 22.1. The van der Waals surface area contributed by atoms with Crippen LogP contribution < -0.4 is 9.47 Å². The van der Waals surface area contributed by atoms with Gasteiger partial charge in [-0.2, -0.15) is 24.7 Å². The van der Waals surface area contributed by atoms with Gasteiger partial charge in [0.2, 0.25) is 11.7 Å². The van der Waals surface area contributed by atoms with Crippen LogP contribution in [0.15, 0.2) is 30.6 Å². The molecule has 0 unspecified atom stereocenters. The van der Waals surface area contributed by atoms with Crippen LogP contribution in [-0.2, 0) is 4.79 Å². The van der Waals surface area contributed by atoms with E-state index in [9.17, 15) is 4.79 Å². The summed E-state index contributed by atoms with van der Waals surface area (Å²) < 4.78 is 27.8. The van der Waals surface area contributed by atoms with Crippen molar-refractivity contribution >= 4 is 11.4 Å². The molecule has 1 fully saturated rings. The van der Waals surface area contributed by atoms with Gasteiger partial charge in [-0.15, -0.1) is 0 Å². The minimum atomic E-state index is -0.890. The minimum Gasteiger partial charge on any atom is -0.473 e. The van der Waals surface area contributed by atoms with Crippen molar-refractivity contribution in [3.05, 3.63) is 36.4 Å². The van der Waals surface area contributed by atoms with Crippen molar-refractivity contribution in [2.45, 2.75) is 25.4 Å². The summed E-state index contributed by atoms with van der Waals surface area (Å²) >= 11 is 0. The summed E-state index contributed by atoms with van der Waals surface area (Å²) in [4.78, 5) is 22.0. The molecule has 4 rings (SSSR count). The van der Waals surface area contributed by atoms with Gasteiger partial charge in [-0.25, -0.2) is 4.52 Å². The molecule has 166 valence electrons. The Labute approximate surface area is 182 Å². The normalized spacial score (nSPS) is 16.0. The molecule has 0 saturated carbocycles. The van der Waals surface area contributed by atoms with Gasteiger partial charge in [0, 0.05) is 12.7 Å². The highest BCUT2D eigenvalue weighted by Crippen LogP contribution is 2.31. The Morgan fingerprint density at radius 2 is 2.19 bits per heavy atom. The Morgan fingerprint density at radius 3 is 3.00 bits per heavy atom. The number of nitriles is 1. The first kappa shape index (κ1) is 21.5. The second-order valence-electron chi connectivity index (χ2n) is 7.19. The van der Waals surface area contributed by atoms with Crippen LogP contribution in [0.3, 0.4) is 0 Å². The van der Waals surface area contributed by atoms with Gasteiger partial charge in [0.15, 0.2) is 5.82 Å². The highest BCUT2D eigenvalue weighted by Gasteiger charge is 2.28. The minimum absolute atomic E-state index is 0.151. The molecule has 1 N–H and O–H groups in total. The highest BCUT2D eigenvalue weighted by molar-refractivity contribution is 5.78. The number of pyridine rings is 1. The molecule has 0 aliphatic carbocycles.